The third-order valence-electron chi connectivity index (χ3n) is 3.41. The van der Waals surface area contributed by atoms with E-state index in [1.165, 1.54) is 5.56 Å². The molecule has 3 nitrogen and oxygen atoms in total. The van der Waals surface area contributed by atoms with E-state index in [-0.39, 0.29) is 6.04 Å². The van der Waals surface area contributed by atoms with Crippen molar-refractivity contribution in [3.63, 3.8) is 0 Å². The van der Waals surface area contributed by atoms with E-state index < -0.39 is 0 Å². The van der Waals surface area contributed by atoms with Gasteiger partial charge in [0.15, 0.2) is 0 Å². The lowest BCUT2D eigenvalue weighted by Gasteiger charge is -2.23. The molecule has 1 fully saturated rings. The van der Waals surface area contributed by atoms with Gasteiger partial charge in [-0.05, 0) is 30.9 Å². The first-order valence-electron chi connectivity index (χ1n) is 6.07. The van der Waals surface area contributed by atoms with Gasteiger partial charge >= 0.3 is 0 Å². The molecule has 1 aliphatic heterocycles. The Morgan fingerprint density at radius 3 is 3.19 bits per heavy atom. The van der Waals surface area contributed by atoms with Gasteiger partial charge in [-0.25, -0.2) is 0 Å². The molecule has 3 unspecified atom stereocenters. The average molecular weight is 220 g/mol. The van der Waals surface area contributed by atoms with Crippen LogP contribution in [0.4, 0.5) is 0 Å². The molecule has 2 heterocycles. The lowest BCUT2D eigenvalue weighted by atomic mass is 9.88. The number of hydrogen-bond donors (Lipinski definition) is 1. The standard InChI is InChI=1S/C13H20N2O/c1-2-13-11(5-7-16-13)12(14)8-10-4-3-6-15-9-10/h3-4,6,9,11-13H,2,5,7-8,14H2,1H3. The van der Waals surface area contributed by atoms with E-state index in [9.17, 15) is 0 Å². The second-order valence-electron chi connectivity index (χ2n) is 4.50. The van der Waals surface area contributed by atoms with Crippen molar-refractivity contribution in [3.05, 3.63) is 30.1 Å². The van der Waals surface area contributed by atoms with E-state index in [1.54, 1.807) is 6.20 Å². The maximum absolute atomic E-state index is 6.27. The van der Waals surface area contributed by atoms with E-state index in [2.05, 4.69) is 18.0 Å². The van der Waals surface area contributed by atoms with Gasteiger partial charge in [0.2, 0.25) is 0 Å². The molecule has 0 amide bonds. The summed E-state index contributed by atoms with van der Waals surface area (Å²) < 4.78 is 5.68. The van der Waals surface area contributed by atoms with Gasteiger partial charge in [0.1, 0.15) is 0 Å². The molecule has 2 rings (SSSR count). The van der Waals surface area contributed by atoms with Crippen LogP contribution >= 0.6 is 0 Å². The minimum atomic E-state index is 0.191. The topological polar surface area (TPSA) is 48.1 Å². The van der Waals surface area contributed by atoms with Crippen LogP contribution in [0.25, 0.3) is 0 Å². The highest BCUT2D eigenvalue weighted by Gasteiger charge is 2.31. The zero-order valence-corrected chi connectivity index (χ0v) is 9.80. The van der Waals surface area contributed by atoms with Gasteiger partial charge in [-0.3, -0.25) is 4.98 Å². The molecule has 0 spiro atoms. The van der Waals surface area contributed by atoms with Crippen molar-refractivity contribution in [2.75, 3.05) is 6.61 Å². The molecule has 0 aliphatic carbocycles. The maximum Gasteiger partial charge on any atom is 0.0616 e. The van der Waals surface area contributed by atoms with Crippen LogP contribution < -0.4 is 5.73 Å². The normalized spacial score (nSPS) is 26.9. The van der Waals surface area contributed by atoms with Gasteiger partial charge in [0, 0.05) is 31.0 Å². The van der Waals surface area contributed by atoms with E-state index in [1.807, 2.05) is 12.3 Å². The molecular weight excluding hydrogens is 200 g/mol. The fourth-order valence-corrected chi connectivity index (χ4v) is 2.52. The Kier molecular flexibility index (Phi) is 3.91. The van der Waals surface area contributed by atoms with Crippen LogP contribution in [-0.2, 0) is 11.2 Å². The average Bonchev–Trinajstić information content (AvgIpc) is 2.78. The third kappa shape index (κ3) is 2.60. The van der Waals surface area contributed by atoms with Crippen LogP contribution in [0.5, 0.6) is 0 Å². The number of nitrogens with two attached hydrogens (primary N) is 1. The van der Waals surface area contributed by atoms with Crippen molar-refractivity contribution in [2.24, 2.45) is 11.7 Å². The van der Waals surface area contributed by atoms with Crippen molar-refractivity contribution in [1.82, 2.24) is 4.98 Å². The molecule has 3 atom stereocenters. The molecule has 0 radical (unpaired) electrons. The van der Waals surface area contributed by atoms with Gasteiger partial charge in [-0.15, -0.1) is 0 Å². The molecule has 1 aliphatic rings. The zero-order chi connectivity index (χ0) is 11.4. The van der Waals surface area contributed by atoms with E-state index in [0.29, 0.717) is 12.0 Å². The Balaban J connectivity index is 1.95. The van der Waals surface area contributed by atoms with Gasteiger partial charge in [0.25, 0.3) is 0 Å². The predicted molar refractivity (Wildman–Crippen MR) is 64.1 cm³/mol. The summed E-state index contributed by atoms with van der Waals surface area (Å²) >= 11 is 0. The molecule has 0 bridgehead atoms. The summed E-state index contributed by atoms with van der Waals surface area (Å²) in [5.41, 5.74) is 7.49. The van der Waals surface area contributed by atoms with Crippen LogP contribution in [0.1, 0.15) is 25.3 Å². The summed E-state index contributed by atoms with van der Waals surface area (Å²) in [6.07, 6.45) is 7.11. The minimum Gasteiger partial charge on any atom is -0.378 e. The fraction of sp³-hybridized carbons (Fsp3) is 0.615. The van der Waals surface area contributed by atoms with Crippen molar-refractivity contribution >= 4 is 0 Å². The Labute approximate surface area is 97.0 Å². The minimum absolute atomic E-state index is 0.191. The van der Waals surface area contributed by atoms with E-state index >= 15 is 0 Å². The molecule has 1 aromatic rings. The van der Waals surface area contributed by atoms with Crippen LogP contribution in [0.3, 0.4) is 0 Å². The quantitative estimate of drug-likeness (QED) is 0.841. The van der Waals surface area contributed by atoms with Gasteiger partial charge < -0.3 is 10.5 Å². The first-order chi connectivity index (χ1) is 7.81. The highest BCUT2D eigenvalue weighted by atomic mass is 16.5. The monoisotopic (exact) mass is 220 g/mol. The van der Waals surface area contributed by atoms with Crippen molar-refractivity contribution < 1.29 is 4.74 Å². The van der Waals surface area contributed by atoms with Gasteiger partial charge in [0.05, 0.1) is 6.10 Å². The summed E-state index contributed by atoms with van der Waals surface area (Å²) in [6.45, 7) is 3.03. The van der Waals surface area contributed by atoms with Crippen molar-refractivity contribution in [3.8, 4) is 0 Å². The number of pyridine rings is 1. The van der Waals surface area contributed by atoms with Crippen molar-refractivity contribution in [2.45, 2.75) is 38.3 Å². The molecule has 0 aromatic carbocycles. The first-order valence-corrected chi connectivity index (χ1v) is 6.07. The lowest BCUT2D eigenvalue weighted by molar-refractivity contribution is 0.0814. The Morgan fingerprint density at radius 2 is 2.50 bits per heavy atom. The summed E-state index contributed by atoms with van der Waals surface area (Å²) in [5.74, 6) is 0.505. The van der Waals surface area contributed by atoms with E-state index in [0.717, 1.165) is 25.9 Å². The molecule has 2 N–H and O–H groups in total. The number of rotatable bonds is 4. The first kappa shape index (κ1) is 11.6. The molecule has 1 aromatic heterocycles. The lowest BCUT2D eigenvalue weighted by Crippen LogP contribution is -2.36. The third-order valence-corrected chi connectivity index (χ3v) is 3.41. The zero-order valence-electron chi connectivity index (χ0n) is 9.80. The summed E-state index contributed by atoms with van der Waals surface area (Å²) in [7, 11) is 0. The molecule has 16 heavy (non-hydrogen) atoms. The number of hydrogen-bond acceptors (Lipinski definition) is 3. The molecular formula is C13H20N2O. The molecule has 88 valence electrons. The van der Waals surface area contributed by atoms with Crippen molar-refractivity contribution in [1.29, 1.82) is 0 Å². The fourth-order valence-electron chi connectivity index (χ4n) is 2.52. The number of ether oxygens (including phenoxy) is 1. The second-order valence-corrected chi connectivity index (χ2v) is 4.50. The van der Waals surface area contributed by atoms with Gasteiger partial charge in [-0.2, -0.15) is 0 Å². The highest BCUT2D eigenvalue weighted by Crippen LogP contribution is 2.26. The number of aromatic nitrogens is 1. The maximum atomic E-state index is 6.27. The Bertz CT molecular complexity index is 315. The number of nitrogens with zero attached hydrogens (tertiary/aromatic N) is 1. The summed E-state index contributed by atoms with van der Waals surface area (Å²) in [4.78, 5) is 4.12. The van der Waals surface area contributed by atoms with Gasteiger partial charge in [-0.1, -0.05) is 13.0 Å². The largest absolute Gasteiger partial charge is 0.378 e. The smallest absolute Gasteiger partial charge is 0.0616 e. The van der Waals surface area contributed by atoms with Crippen LogP contribution in [0.15, 0.2) is 24.5 Å². The van der Waals surface area contributed by atoms with Crippen LogP contribution in [0, 0.1) is 5.92 Å². The van der Waals surface area contributed by atoms with Crippen LogP contribution in [0.2, 0.25) is 0 Å². The molecule has 0 saturated carbocycles. The Morgan fingerprint density at radius 1 is 1.62 bits per heavy atom. The molecule has 1 saturated heterocycles. The second kappa shape index (κ2) is 5.41. The Hall–Kier alpha value is -0.930. The molecule has 3 heteroatoms. The predicted octanol–water partition coefficient (Wildman–Crippen LogP) is 1.77. The highest BCUT2D eigenvalue weighted by molar-refractivity contribution is 5.10. The van der Waals surface area contributed by atoms with Crippen LogP contribution in [-0.4, -0.2) is 23.7 Å². The SMILES string of the molecule is CCC1OCCC1C(N)Cc1cccnc1. The van der Waals surface area contributed by atoms with E-state index in [4.69, 9.17) is 10.5 Å². The summed E-state index contributed by atoms with van der Waals surface area (Å²) in [6, 6.07) is 4.24. The summed E-state index contributed by atoms with van der Waals surface area (Å²) in [5, 5.41) is 0.